The van der Waals surface area contributed by atoms with E-state index in [1.807, 2.05) is 24.0 Å². The molecule has 4 rings (SSSR count). The van der Waals surface area contributed by atoms with Gasteiger partial charge in [0, 0.05) is 41.7 Å². The molecule has 0 radical (unpaired) electrons. The van der Waals surface area contributed by atoms with Crippen LogP contribution in [0.15, 0.2) is 74.3 Å². The molecule has 1 amide bonds. The van der Waals surface area contributed by atoms with Crippen molar-refractivity contribution in [2.45, 2.75) is 26.3 Å². The summed E-state index contributed by atoms with van der Waals surface area (Å²) < 4.78 is 0. The monoisotopic (exact) mass is 370 g/mol. The Morgan fingerprint density at radius 3 is 2.88 bits per heavy atom. The molecule has 2 heterocycles. The van der Waals surface area contributed by atoms with Crippen LogP contribution in [0.25, 0.3) is 0 Å². The number of hydrogen-bond donors (Lipinski definition) is 1. The van der Waals surface area contributed by atoms with Gasteiger partial charge in [-0.05, 0) is 25.2 Å². The van der Waals surface area contributed by atoms with Crippen LogP contribution in [0, 0.1) is 10.1 Å². The smallest absolute Gasteiger partial charge is 0.267 e. The van der Waals surface area contributed by atoms with Gasteiger partial charge in [0.2, 0.25) is 5.91 Å². The zero-order valence-corrected chi connectivity index (χ0v) is 14.9. The number of allylic oxidation sites excluding steroid dienone is 5. The molecule has 7 nitrogen and oxygen atoms in total. The maximum Gasteiger partial charge on any atom is 0.267 e. The van der Waals surface area contributed by atoms with Crippen molar-refractivity contribution < 1.29 is 9.72 Å². The Morgan fingerprint density at radius 1 is 1.42 bits per heavy atom. The number of carbonyl (C=O) groups excluding carboxylic acids is 1. The van der Waals surface area contributed by atoms with Crippen LogP contribution in [-0.4, -0.2) is 27.6 Å². The minimum Gasteiger partial charge on any atom is -0.324 e. The molecule has 1 N–H and O–H groups in total. The van der Waals surface area contributed by atoms with Crippen LogP contribution in [0.4, 0.5) is 0 Å². The van der Waals surface area contributed by atoms with Gasteiger partial charge in [-0.3, -0.25) is 14.9 Å². The molecule has 1 atom stereocenters. The quantitative estimate of drug-likeness (QED) is 0.598. The van der Waals surface area contributed by atoms with Gasteiger partial charge in [0.15, 0.2) is 0 Å². The number of amidine groups is 1. The van der Waals surface area contributed by atoms with Crippen molar-refractivity contribution >= 4 is 23.3 Å². The number of fused-ring (bicyclic) bond motifs is 4. The summed E-state index contributed by atoms with van der Waals surface area (Å²) >= 11 is 6.23. The number of rotatable bonds is 2. The van der Waals surface area contributed by atoms with Gasteiger partial charge >= 0.3 is 0 Å². The van der Waals surface area contributed by atoms with Gasteiger partial charge in [0.25, 0.3) is 5.70 Å². The van der Waals surface area contributed by atoms with Crippen molar-refractivity contribution in [2.75, 3.05) is 0 Å². The van der Waals surface area contributed by atoms with Crippen molar-refractivity contribution in [3.63, 3.8) is 0 Å². The molecule has 8 heteroatoms. The summed E-state index contributed by atoms with van der Waals surface area (Å²) in [4.78, 5) is 29.2. The number of carbonyl (C=O) groups is 1. The second-order valence-electron chi connectivity index (χ2n) is 6.34. The number of nitrogens with zero attached hydrogens (tertiary/aromatic N) is 3. The van der Waals surface area contributed by atoms with Crippen LogP contribution in [0.2, 0.25) is 0 Å². The third-order valence-electron chi connectivity index (χ3n) is 4.63. The summed E-state index contributed by atoms with van der Waals surface area (Å²) in [6, 6.07) is -0.389. The van der Waals surface area contributed by atoms with E-state index >= 15 is 0 Å². The number of nitrogens with one attached hydrogen (secondary N) is 1. The number of aliphatic imine (C=N–C) groups is 1. The van der Waals surface area contributed by atoms with Gasteiger partial charge in [-0.1, -0.05) is 11.6 Å². The molecular weight excluding hydrogens is 356 g/mol. The Labute approximate surface area is 154 Å². The van der Waals surface area contributed by atoms with Crippen molar-refractivity contribution in [2.24, 2.45) is 4.99 Å². The highest BCUT2D eigenvalue weighted by Gasteiger charge is 2.43. The standard InChI is InChI=1S/C18H15ClN4O3/c1-9-20-15-6-3-11(19)7-14(15)18-17(21-10(2)24)13-5-4-12(23(25)26)8-16(13)22(9)18/h3-6,8,16H,7H2,1-2H3,(H,21,24). The molecule has 0 aromatic rings. The number of hydrogen-bond acceptors (Lipinski definition) is 5. The Bertz CT molecular complexity index is 978. The first kappa shape index (κ1) is 16.5. The molecule has 0 saturated carbocycles. The largest absolute Gasteiger partial charge is 0.324 e. The van der Waals surface area contributed by atoms with Gasteiger partial charge in [-0.2, -0.15) is 0 Å². The van der Waals surface area contributed by atoms with E-state index in [9.17, 15) is 14.9 Å². The first-order valence-electron chi connectivity index (χ1n) is 8.07. The number of halogens is 1. The highest BCUT2D eigenvalue weighted by molar-refractivity contribution is 6.30. The summed E-state index contributed by atoms with van der Waals surface area (Å²) in [6.07, 6.45) is 8.88. The summed E-state index contributed by atoms with van der Waals surface area (Å²) in [5.74, 6) is 0.500. The molecule has 2 aliphatic heterocycles. The van der Waals surface area contributed by atoms with E-state index in [0.29, 0.717) is 23.0 Å². The van der Waals surface area contributed by atoms with Crippen LogP contribution < -0.4 is 5.32 Å². The maximum atomic E-state index is 11.8. The predicted octanol–water partition coefficient (Wildman–Crippen LogP) is 2.89. The lowest BCUT2D eigenvalue weighted by Crippen LogP contribution is -2.38. The lowest BCUT2D eigenvalue weighted by molar-refractivity contribution is -0.419. The van der Waals surface area contributed by atoms with E-state index in [2.05, 4.69) is 10.3 Å². The first-order valence-corrected chi connectivity index (χ1v) is 8.45. The second-order valence-corrected chi connectivity index (χ2v) is 6.82. The summed E-state index contributed by atoms with van der Waals surface area (Å²) in [5.41, 5.74) is 3.97. The lowest BCUT2D eigenvalue weighted by Gasteiger charge is -2.33. The summed E-state index contributed by atoms with van der Waals surface area (Å²) in [6.45, 7) is 3.29. The second kappa shape index (κ2) is 5.81. The van der Waals surface area contributed by atoms with E-state index in [1.54, 1.807) is 12.2 Å². The van der Waals surface area contributed by atoms with Gasteiger partial charge in [-0.25, -0.2) is 4.99 Å². The SMILES string of the molecule is CC(=O)NC1=C2C=CC([N+](=O)[O-])=CC2N2C(C)=NC3=CC=C(Cl)CC3=C12. The first-order chi connectivity index (χ1) is 12.4. The fourth-order valence-corrected chi connectivity index (χ4v) is 3.83. The summed E-state index contributed by atoms with van der Waals surface area (Å²) in [5, 5.41) is 14.8. The Hall–Kier alpha value is -2.93. The van der Waals surface area contributed by atoms with Crippen molar-refractivity contribution in [3.05, 3.63) is 79.5 Å². The molecule has 0 spiro atoms. The molecule has 0 aromatic heterocycles. The molecular formula is C18H15ClN4O3. The van der Waals surface area contributed by atoms with Crippen molar-refractivity contribution in [1.82, 2.24) is 10.2 Å². The third kappa shape index (κ3) is 2.43. The van der Waals surface area contributed by atoms with Crippen LogP contribution in [0.1, 0.15) is 20.3 Å². The van der Waals surface area contributed by atoms with E-state index in [1.165, 1.54) is 13.0 Å². The topological polar surface area (TPSA) is 87.8 Å². The maximum absolute atomic E-state index is 11.8. The average molecular weight is 371 g/mol. The molecule has 0 saturated heterocycles. The normalized spacial score (nSPS) is 23.5. The molecule has 2 aliphatic carbocycles. The molecule has 0 aromatic carbocycles. The zero-order valence-electron chi connectivity index (χ0n) is 14.1. The predicted molar refractivity (Wildman–Crippen MR) is 97.5 cm³/mol. The highest BCUT2D eigenvalue weighted by atomic mass is 35.5. The minimum atomic E-state index is -0.418. The van der Waals surface area contributed by atoms with Crippen LogP contribution in [0.5, 0.6) is 0 Å². The van der Waals surface area contributed by atoms with E-state index < -0.39 is 4.92 Å². The molecule has 0 fully saturated rings. The van der Waals surface area contributed by atoms with Crippen LogP contribution >= 0.6 is 11.6 Å². The van der Waals surface area contributed by atoms with Crippen LogP contribution in [0.3, 0.4) is 0 Å². The minimum absolute atomic E-state index is 0.0166. The molecule has 1 unspecified atom stereocenters. The Balaban J connectivity index is 1.94. The molecule has 4 aliphatic rings. The fraction of sp³-hybridized carbons (Fsp3) is 0.222. The van der Waals surface area contributed by atoms with Gasteiger partial charge in [0.05, 0.1) is 28.1 Å². The molecule has 132 valence electrons. The van der Waals surface area contributed by atoms with E-state index in [-0.39, 0.29) is 17.6 Å². The van der Waals surface area contributed by atoms with Crippen molar-refractivity contribution in [1.29, 1.82) is 0 Å². The highest BCUT2D eigenvalue weighted by Crippen LogP contribution is 2.45. The lowest BCUT2D eigenvalue weighted by atomic mass is 9.98. The third-order valence-corrected chi connectivity index (χ3v) is 4.89. The van der Waals surface area contributed by atoms with Gasteiger partial charge in [0.1, 0.15) is 5.84 Å². The summed E-state index contributed by atoms with van der Waals surface area (Å²) in [7, 11) is 0. The van der Waals surface area contributed by atoms with Gasteiger partial charge < -0.3 is 10.2 Å². The van der Waals surface area contributed by atoms with Gasteiger partial charge in [-0.15, -0.1) is 0 Å². The van der Waals surface area contributed by atoms with Crippen LogP contribution in [-0.2, 0) is 4.79 Å². The average Bonchev–Trinajstić information content (AvgIpc) is 2.90. The molecule has 0 bridgehead atoms. The number of nitro groups is 1. The van der Waals surface area contributed by atoms with E-state index in [4.69, 9.17) is 11.6 Å². The fourth-order valence-electron chi connectivity index (χ4n) is 3.64. The Morgan fingerprint density at radius 2 is 2.19 bits per heavy atom. The van der Waals surface area contributed by atoms with E-state index in [0.717, 1.165) is 22.5 Å². The number of amides is 1. The Kier molecular flexibility index (Phi) is 3.69. The van der Waals surface area contributed by atoms with Crippen molar-refractivity contribution in [3.8, 4) is 0 Å². The molecule has 26 heavy (non-hydrogen) atoms. The zero-order chi connectivity index (χ0) is 18.6.